The van der Waals surface area contributed by atoms with Gasteiger partial charge < -0.3 is 20.5 Å². The predicted molar refractivity (Wildman–Crippen MR) is 110 cm³/mol. The van der Waals surface area contributed by atoms with Crippen LogP contribution in [0.2, 0.25) is 0 Å². The molecule has 1 aliphatic carbocycles. The Labute approximate surface area is 162 Å². The van der Waals surface area contributed by atoms with Crippen LogP contribution in [0, 0.1) is 0 Å². The molecule has 1 aromatic carbocycles. The molecule has 0 radical (unpaired) electrons. The largest absolute Gasteiger partial charge is 0.504 e. The number of nitrogens with zero attached hydrogens (tertiary/aromatic N) is 1. The van der Waals surface area contributed by atoms with Gasteiger partial charge in [0, 0.05) is 19.1 Å². The first-order chi connectivity index (χ1) is 11.2. The Bertz CT molecular complexity index is 517. The lowest BCUT2D eigenvalue weighted by molar-refractivity contribution is 0.373. The highest BCUT2D eigenvalue weighted by Gasteiger charge is 2.14. The summed E-state index contributed by atoms with van der Waals surface area (Å²) >= 11 is 0. The minimum Gasteiger partial charge on any atom is -0.504 e. The van der Waals surface area contributed by atoms with Gasteiger partial charge in [-0.2, -0.15) is 0 Å². The quantitative estimate of drug-likeness (QED) is 0.355. The molecule has 0 saturated heterocycles. The lowest BCUT2D eigenvalue weighted by Gasteiger charge is -2.24. The summed E-state index contributed by atoms with van der Waals surface area (Å²) in [6.45, 7) is 3.66. The third-order valence-corrected chi connectivity index (χ3v) is 4.20. The van der Waals surface area contributed by atoms with E-state index >= 15 is 0 Å². The smallest absolute Gasteiger partial charge is 0.191 e. The summed E-state index contributed by atoms with van der Waals surface area (Å²) in [6.07, 6.45) is 7.26. The summed E-state index contributed by atoms with van der Waals surface area (Å²) < 4.78 is 5.14. The highest BCUT2D eigenvalue weighted by Crippen LogP contribution is 2.26. The molecule has 0 spiro atoms. The van der Waals surface area contributed by atoms with Crippen LogP contribution >= 0.6 is 24.0 Å². The van der Waals surface area contributed by atoms with Crippen LogP contribution in [0.4, 0.5) is 0 Å². The minimum absolute atomic E-state index is 0. The van der Waals surface area contributed by atoms with E-state index in [1.165, 1.54) is 32.1 Å². The van der Waals surface area contributed by atoms with Crippen molar-refractivity contribution in [1.82, 2.24) is 10.6 Å². The van der Waals surface area contributed by atoms with Crippen LogP contribution in [0.1, 0.15) is 44.6 Å². The molecule has 0 aliphatic heterocycles. The molecule has 1 aliphatic rings. The van der Waals surface area contributed by atoms with Crippen LogP contribution in [0.15, 0.2) is 23.2 Å². The van der Waals surface area contributed by atoms with Crippen molar-refractivity contribution in [2.45, 2.75) is 51.5 Å². The molecule has 24 heavy (non-hydrogen) atoms. The molecule has 2 rings (SSSR count). The molecule has 0 bridgehead atoms. The third kappa shape index (κ3) is 6.75. The molecule has 5 nitrogen and oxygen atoms in total. The van der Waals surface area contributed by atoms with Gasteiger partial charge in [0.25, 0.3) is 0 Å². The van der Waals surface area contributed by atoms with Crippen LogP contribution in [0.25, 0.3) is 0 Å². The number of aromatic hydroxyl groups is 1. The molecular weight excluding hydrogens is 417 g/mol. The summed E-state index contributed by atoms with van der Waals surface area (Å²) in [5.41, 5.74) is 1.11. The number of methoxy groups -OCH3 is 1. The van der Waals surface area contributed by atoms with E-state index in [2.05, 4.69) is 22.5 Å². The molecule has 0 heterocycles. The topological polar surface area (TPSA) is 65.9 Å². The molecule has 136 valence electrons. The number of aliphatic imine (C=N–C) groups is 1. The molecule has 0 atom stereocenters. The van der Waals surface area contributed by atoms with Crippen molar-refractivity contribution in [2.75, 3.05) is 20.2 Å². The number of nitrogens with one attached hydrogen (secondary N) is 2. The minimum atomic E-state index is 0. The monoisotopic (exact) mass is 447 g/mol. The first kappa shape index (κ1) is 20.9. The van der Waals surface area contributed by atoms with E-state index in [4.69, 9.17) is 4.74 Å². The van der Waals surface area contributed by atoms with Gasteiger partial charge in [-0.1, -0.05) is 25.3 Å². The van der Waals surface area contributed by atoms with Gasteiger partial charge in [0.15, 0.2) is 17.5 Å². The van der Waals surface area contributed by atoms with Crippen molar-refractivity contribution in [3.05, 3.63) is 23.8 Å². The zero-order chi connectivity index (χ0) is 16.5. The second-order valence-corrected chi connectivity index (χ2v) is 6.00. The number of rotatable bonds is 6. The Morgan fingerprint density at radius 3 is 2.71 bits per heavy atom. The van der Waals surface area contributed by atoms with Crippen LogP contribution in [0.5, 0.6) is 11.5 Å². The van der Waals surface area contributed by atoms with Gasteiger partial charge >= 0.3 is 0 Å². The van der Waals surface area contributed by atoms with Crippen LogP contribution in [0.3, 0.4) is 0 Å². The standard InChI is InChI=1S/C18H29N3O2.HI/c1-3-19-18(21-15-7-5-4-6-8-15)20-12-11-14-9-10-16(22)17(13-14)23-2;/h9-10,13,15,22H,3-8,11-12H2,1-2H3,(H2,19,20,21);1H. The first-order valence-electron chi connectivity index (χ1n) is 8.63. The second-order valence-electron chi connectivity index (χ2n) is 6.00. The van der Waals surface area contributed by atoms with Gasteiger partial charge in [-0.3, -0.25) is 4.99 Å². The number of hydrogen-bond donors (Lipinski definition) is 3. The molecule has 3 N–H and O–H groups in total. The van der Waals surface area contributed by atoms with Crippen molar-refractivity contribution in [3.63, 3.8) is 0 Å². The average molecular weight is 447 g/mol. The maximum absolute atomic E-state index is 9.63. The molecule has 6 heteroatoms. The highest BCUT2D eigenvalue weighted by molar-refractivity contribution is 14.0. The van der Waals surface area contributed by atoms with Gasteiger partial charge in [0.05, 0.1) is 7.11 Å². The zero-order valence-corrected chi connectivity index (χ0v) is 17.0. The first-order valence-corrected chi connectivity index (χ1v) is 8.63. The van der Waals surface area contributed by atoms with Gasteiger partial charge in [-0.05, 0) is 43.9 Å². The number of phenolic OH excluding ortho intramolecular Hbond substituents is 1. The van der Waals surface area contributed by atoms with Crippen LogP contribution < -0.4 is 15.4 Å². The van der Waals surface area contributed by atoms with Gasteiger partial charge in [0.2, 0.25) is 0 Å². The zero-order valence-electron chi connectivity index (χ0n) is 14.7. The van der Waals surface area contributed by atoms with Crippen LogP contribution in [-0.2, 0) is 6.42 Å². The molecular formula is C18H30IN3O2. The maximum atomic E-state index is 9.63. The van der Waals surface area contributed by atoms with E-state index in [1.54, 1.807) is 13.2 Å². The SMILES string of the molecule is CCNC(=NCCc1ccc(O)c(OC)c1)NC1CCCCC1.I. The average Bonchev–Trinajstić information content (AvgIpc) is 2.57. The number of ether oxygens (including phenoxy) is 1. The molecule has 0 unspecified atom stereocenters. The van der Waals surface area contributed by atoms with Crippen molar-refractivity contribution < 1.29 is 9.84 Å². The van der Waals surface area contributed by atoms with Gasteiger partial charge in [0.1, 0.15) is 0 Å². The normalized spacial score (nSPS) is 15.5. The fraction of sp³-hybridized carbons (Fsp3) is 0.611. The number of benzene rings is 1. The molecule has 1 fully saturated rings. The summed E-state index contributed by atoms with van der Waals surface area (Å²) in [4.78, 5) is 4.67. The molecule has 1 saturated carbocycles. The van der Waals surface area contributed by atoms with Crippen LogP contribution in [-0.4, -0.2) is 37.3 Å². The van der Waals surface area contributed by atoms with Crippen molar-refractivity contribution in [1.29, 1.82) is 0 Å². The van der Waals surface area contributed by atoms with Crippen molar-refractivity contribution in [2.24, 2.45) is 4.99 Å². The second kappa shape index (κ2) is 11.4. The summed E-state index contributed by atoms with van der Waals surface area (Å²) in [5.74, 6) is 1.59. The van der Waals surface area contributed by atoms with Gasteiger partial charge in [-0.15, -0.1) is 24.0 Å². The van der Waals surface area contributed by atoms with E-state index in [0.717, 1.165) is 24.5 Å². The Morgan fingerprint density at radius 1 is 1.29 bits per heavy atom. The fourth-order valence-electron chi connectivity index (χ4n) is 2.93. The third-order valence-electron chi connectivity index (χ3n) is 4.20. The number of hydrogen-bond acceptors (Lipinski definition) is 3. The van der Waals surface area contributed by atoms with E-state index in [0.29, 0.717) is 18.3 Å². The van der Waals surface area contributed by atoms with E-state index in [1.807, 2.05) is 12.1 Å². The van der Waals surface area contributed by atoms with Gasteiger partial charge in [-0.25, -0.2) is 0 Å². The lowest BCUT2D eigenvalue weighted by atomic mass is 9.96. The summed E-state index contributed by atoms with van der Waals surface area (Å²) in [5, 5.41) is 16.5. The van der Waals surface area contributed by atoms with Crippen molar-refractivity contribution in [3.8, 4) is 11.5 Å². The Balaban J connectivity index is 0.00000288. The van der Waals surface area contributed by atoms with E-state index in [9.17, 15) is 5.11 Å². The Hall–Kier alpha value is -1.18. The number of halogens is 1. The predicted octanol–water partition coefficient (Wildman–Crippen LogP) is 3.45. The molecule has 1 aromatic rings. The highest BCUT2D eigenvalue weighted by atomic mass is 127. The van der Waals surface area contributed by atoms with Crippen molar-refractivity contribution >= 4 is 29.9 Å². The Kier molecular flexibility index (Phi) is 9.90. The Morgan fingerprint density at radius 2 is 2.04 bits per heavy atom. The maximum Gasteiger partial charge on any atom is 0.191 e. The summed E-state index contributed by atoms with van der Waals surface area (Å²) in [7, 11) is 1.56. The number of guanidine groups is 1. The lowest BCUT2D eigenvalue weighted by Crippen LogP contribution is -2.44. The number of phenols is 1. The molecule has 0 aromatic heterocycles. The van der Waals surface area contributed by atoms with E-state index < -0.39 is 0 Å². The molecule has 0 amide bonds. The van der Waals surface area contributed by atoms with E-state index in [-0.39, 0.29) is 29.7 Å². The summed E-state index contributed by atoms with van der Waals surface area (Å²) in [6, 6.07) is 6.00. The fourth-order valence-corrected chi connectivity index (χ4v) is 2.93.